The van der Waals surface area contributed by atoms with Crippen molar-refractivity contribution in [2.75, 3.05) is 6.54 Å². The molecule has 1 aliphatic rings. The van der Waals surface area contributed by atoms with Crippen molar-refractivity contribution in [2.45, 2.75) is 45.4 Å². The lowest BCUT2D eigenvalue weighted by Crippen LogP contribution is -2.54. The molecule has 0 bridgehead atoms. The van der Waals surface area contributed by atoms with Crippen molar-refractivity contribution in [3.63, 3.8) is 0 Å². The highest BCUT2D eigenvalue weighted by Gasteiger charge is 2.41. The Labute approximate surface area is 101 Å². The molecule has 1 heterocycles. The van der Waals surface area contributed by atoms with Crippen molar-refractivity contribution in [1.29, 1.82) is 0 Å². The second kappa shape index (κ2) is 4.62. The molecule has 3 atom stereocenters. The van der Waals surface area contributed by atoms with Crippen LogP contribution in [0.1, 0.15) is 27.2 Å². The molecule has 0 aromatic heterocycles. The Bertz CT molecular complexity index is 324. The summed E-state index contributed by atoms with van der Waals surface area (Å²) in [6.07, 6.45) is -0.513. The number of aliphatic hydroxyl groups is 1. The summed E-state index contributed by atoms with van der Waals surface area (Å²) in [5, 5.41) is 9.51. The molecule has 0 radical (unpaired) electrons. The number of β-amino-alcohol motifs (C(OH)–C–C–N with tert-alkyl or cyclic N) is 1. The SMILES string of the molecule is CC(C)(C)[C@H](N)C(=O)N1CC(O)CC1C(N)=O. The molecule has 0 spiro atoms. The van der Waals surface area contributed by atoms with Gasteiger partial charge in [0.25, 0.3) is 0 Å². The number of hydrogen-bond donors (Lipinski definition) is 3. The second-order valence-electron chi connectivity index (χ2n) is 5.64. The number of rotatable bonds is 2. The minimum atomic E-state index is -0.745. The summed E-state index contributed by atoms with van der Waals surface area (Å²) in [5.74, 6) is -0.936. The van der Waals surface area contributed by atoms with E-state index in [0.717, 1.165) is 0 Å². The Morgan fingerprint density at radius 1 is 1.41 bits per heavy atom. The first-order valence-corrected chi connectivity index (χ1v) is 5.68. The first-order chi connectivity index (χ1) is 7.64. The summed E-state index contributed by atoms with van der Waals surface area (Å²) in [4.78, 5) is 24.6. The van der Waals surface area contributed by atoms with E-state index < -0.39 is 29.5 Å². The molecule has 0 aromatic carbocycles. The van der Waals surface area contributed by atoms with Gasteiger partial charge in [0.2, 0.25) is 11.8 Å². The van der Waals surface area contributed by atoms with E-state index in [9.17, 15) is 14.7 Å². The standard InChI is InChI=1S/C11H21N3O3/c1-11(2,3)8(12)10(17)14-5-6(15)4-7(14)9(13)16/h6-8,15H,4-5,12H2,1-3H3,(H2,13,16)/t6?,7?,8-/m1/s1. The normalized spacial score (nSPS) is 27.0. The Morgan fingerprint density at radius 2 is 1.94 bits per heavy atom. The van der Waals surface area contributed by atoms with Crippen LogP contribution in [0.25, 0.3) is 0 Å². The summed E-state index contributed by atoms with van der Waals surface area (Å²) < 4.78 is 0. The maximum Gasteiger partial charge on any atom is 0.240 e. The van der Waals surface area contributed by atoms with Gasteiger partial charge in [0.05, 0.1) is 12.1 Å². The average Bonchev–Trinajstić information content (AvgIpc) is 2.56. The molecular weight excluding hydrogens is 222 g/mol. The number of hydrogen-bond acceptors (Lipinski definition) is 4. The van der Waals surface area contributed by atoms with Gasteiger partial charge in [-0.1, -0.05) is 20.8 Å². The van der Waals surface area contributed by atoms with E-state index in [4.69, 9.17) is 11.5 Å². The van der Waals surface area contributed by atoms with E-state index in [1.165, 1.54) is 4.90 Å². The maximum atomic E-state index is 12.1. The molecule has 98 valence electrons. The van der Waals surface area contributed by atoms with Crippen LogP contribution in [-0.4, -0.2) is 46.6 Å². The molecule has 0 aromatic rings. The molecule has 2 unspecified atom stereocenters. The highest BCUT2D eigenvalue weighted by atomic mass is 16.3. The van der Waals surface area contributed by atoms with Gasteiger partial charge >= 0.3 is 0 Å². The molecule has 0 saturated carbocycles. The highest BCUT2D eigenvalue weighted by Crippen LogP contribution is 2.24. The number of nitrogens with two attached hydrogens (primary N) is 2. The highest BCUT2D eigenvalue weighted by molar-refractivity contribution is 5.90. The first kappa shape index (κ1) is 13.9. The van der Waals surface area contributed by atoms with Crippen LogP contribution in [0.2, 0.25) is 0 Å². The molecule has 0 aliphatic carbocycles. The second-order valence-corrected chi connectivity index (χ2v) is 5.64. The van der Waals surface area contributed by atoms with Crippen molar-refractivity contribution < 1.29 is 14.7 Å². The fraction of sp³-hybridized carbons (Fsp3) is 0.818. The molecule has 1 fully saturated rings. The minimum absolute atomic E-state index is 0.121. The lowest BCUT2D eigenvalue weighted by atomic mass is 9.86. The lowest BCUT2D eigenvalue weighted by molar-refractivity contribution is -0.140. The molecule has 1 rings (SSSR count). The number of nitrogens with zero attached hydrogens (tertiary/aromatic N) is 1. The van der Waals surface area contributed by atoms with Gasteiger partial charge in [-0.05, 0) is 5.41 Å². The predicted octanol–water partition coefficient (Wildman–Crippen LogP) is -1.19. The van der Waals surface area contributed by atoms with Crippen molar-refractivity contribution >= 4 is 11.8 Å². The van der Waals surface area contributed by atoms with E-state index in [-0.39, 0.29) is 18.9 Å². The summed E-state index contributed by atoms with van der Waals surface area (Å²) in [5.41, 5.74) is 10.7. The van der Waals surface area contributed by atoms with E-state index in [1.807, 2.05) is 20.8 Å². The van der Waals surface area contributed by atoms with Crippen LogP contribution in [0.5, 0.6) is 0 Å². The number of likely N-dealkylation sites (tertiary alicyclic amines) is 1. The predicted molar refractivity (Wildman–Crippen MR) is 62.7 cm³/mol. The number of amides is 2. The number of carbonyl (C=O) groups excluding carboxylic acids is 2. The monoisotopic (exact) mass is 243 g/mol. The largest absolute Gasteiger partial charge is 0.391 e. The molecular formula is C11H21N3O3. The smallest absolute Gasteiger partial charge is 0.240 e. The quantitative estimate of drug-likeness (QED) is 0.566. The van der Waals surface area contributed by atoms with Crippen LogP contribution < -0.4 is 11.5 Å². The van der Waals surface area contributed by atoms with Gasteiger partial charge in [-0.15, -0.1) is 0 Å². The van der Waals surface area contributed by atoms with Crippen LogP contribution in [0, 0.1) is 5.41 Å². The maximum absolute atomic E-state index is 12.1. The number of primary amides is 1. The zero-order chi connectivity index (χ0) is 13.4. The topological polar surface area (TPSA) is 110 Å². The molecule has 6 nitrogen and oxygen atoms in total. The summed E-state index contributed by atoms with van der Waals surface area (Å²) in [6.45, 7) is 5.67. The van der Waals surface area contributed by atoms with Gasteiger partial charge < -0.3 is 21.5 Å². The average molecular weight is 243 g/mol. The van der Waals surface area contributed by atoms with Crippen molar-refractivity contribution in [1.82, 2.24) is 4.90 Å². The lowest BCUT2D eigenvalue weighted by Gasteiger charge is -2.31. The third kappa shape index (κ3) is 2.95. The Kier molecular flexibility index (Phi) is 3.78. The zero-order valence-corrected chi connectivity index (χ0v) is 10.5. The fourth-order valence-corrected chi connectivity index (χ4v) is 1.88. The van der Waals surface area contributed by atoms with Crippen LogP contribution in [-0.2, 0) is 9.59 Å². The Balaban J connectivity index is 2.84. The van der Waals surface area contributed by atoms with E-state index in [2.05, 4.69) is 0 Å². The number of carbonyl (C=O) groups is 2. The minimum Gasteiger partial charge on any atom is -0.391 e. The van der Waals surface area contributed by atoms with Crippen LogP contribution in [0.4, 0.5) is 0 Å². The molecule has 17 heavy (non-hydrogen) atoms. The molecule has 6 heteroatoms. The van der Waals surface area contributed by atoms with Crippen molar-refractivity contribution in [3.05, 3.63) is 0 Å². The fourth-order valence-electron chi connectivity index (χ4n) is 1.88. The summed E-state index contributed by atoms with van der Waals surface area (Å²) >= 11 is 0. The third-order valence-corrected chi connectivity index (χ3v) is 3.09. The van der Waals surface area contributed by atoms with E-state index in [1.54, 1.807) is 0 Å². The summed E-state index contributed by atoms with van der Waals surface area (Å²) in [6, 6.07) is -1.46. The third-order valence-electron chi connectivity index (χ3n) is 3.09. The van der Waals surface area contributed by atoms with Gasteiger partial charge in [-0.2, -0.15) is 0 Å². The van der Waals surface area contributed by atoms with Crippen molar-refractivity contribution in [2.24, 2.45) is 16.9 Å². The molecule has 5 N–H and O–H groups in total. The van der Waals surface area contributed by atoms with Gasteiger partial charge in [0.1, 0.15) is 6.04 Å². The van der Waals surface area contributed by atoms with Gasteiger partial charge in [0.15, 0.2) is 0 Å². The zero-order valence-electron chi connectivity index (χ0n) is 10.5. The van der Waals surface area contributed by atoms with Gasteiger partial charge in [0, 0.05) is 13.0 Å². The molecule has 2 amide bonds. The molecule has 1 aliphatic heterocycles. The van der Waals surface area contributed by atoms with Crippen LogP contribution in [0.15, 0.2) is 0 Å². The molecule has 1 saturated heterocycles. The first-order valence-electron chi connectivity index (χ1n) is 5.68. The van der Waals surface area contributed by atoms with Crippen LogP contribution in [0.3, 0.4) is 0 Å². The Hall–Kier alpha value is -1.14. The Morgan fingerprint density at radius 3 is 2.35 bits per heavy atom. The number of aliphatic hydroxyl groups excluding tert-OH is 1. The van der Waals surface area contributed by atoms with Gasteiger partial charge in [-0.25, -0.2) is 0 Å². The van der Waals surface area contributed by atoms with E-state index in [0.29, 0.717) is 0 Å². The van der Waals surface area contributed by atoms with E-state index >= 15 is 0 Å². The van der Waals surface area contributed by atoms with Gasteiger partial charge in [-0.3, -0.25) is 9.59 Å². The summed E-state index contributed by atoms with van der Waals surface area (Å²) in [7, 11) is 0. The van der Waals surface area contributed by atoms with Crippen LogP contribution >= 0.6 is 0 Å². The van der Waals surface area contributed by atoms with Crippen molar-refractivity contribution in [3.8, 4) is 0 Å².